The summed E-state index contributed by atoms with van der Waals surface area (Å²) in [6, 6.07) is 0.126. The predicted octanol–water partition coefficient (Wildman–Crippen LogP) is 2.95. The third-order valence-corrected chi connectivity index (χ3v) is 5.09. The lowest BCUT2D eigenvalue weighted by atomic mass is 10.0. The average molecular weight is 349 g/mol. The molecule has 0 spiro atoms. The number of hydrogen-bond acceptors (Lipinski definition) is 4. The van der Waals surface area contributed by atoms with Crippen LogP contribution in [0.25, 0.3) is 0 Å². The molecule has 1 aliphatic heterocycles. The largest absolute Gasteiger partial charge is 0.390 e. The highest BCUT2D eigenvalue weighted by Crippen LogP contribution is 2.22. The van der Waals surface area contributed by atoms with Gasteiger partial charge < -0.3 is 9.80 Å². The second-order valence-electron chi connectivity index (χ2n) is 5.87. The Labute approximate surface area is 138 Å². The van der Waals surface area contributed by atoms with Gasteiger partial charge in [-0.05, 0) is 12.8 Å². The number of halogens is 3. The van der Waals surface area contributed by atoms with Crippen LogP contribution < -0.4 is 0 Å². The number of amides is 1. The number of hydrogen-bond donors (Lipinski definition) is 0. The minimum atomic E-state index is -4.10. The Balaban J connectivity index is 1.70. The van der Waals surface area contributed by atoms with E-state index >= 15 is 0 Å². The summed E-state index contributed by atoms with van der Waals surface area (Å²) in [5, 5.41) is 2.84. The van der Waals surface area contributed by atoms with Crippen LogP contribution in [0.4, 0.5) is 13.2 Å². The van der Waals surface area contributed by atoms with Gasteiger partial charge in [0.1, 0.15) is 0 Å². The van der Waals surface area contributed by atoms with Crippen LogP contribution in [0, 0.1) is 0 Å². The standard InChI is InChI=1S/C15H22F3N3OS/c1-20(14(22)3-2-13-19-7-11-23-13)12-4-8-21(9-5-12)10-6-15(16,17)18/h7,11-12H,2-6,8-10H2,1H3. The average Bonchev–Trinajstić information content (AvgIpc) is 3.03. The molecule has 0 aromatic carbocycles. The zero-order valence-corrected chi connectivity index (χ0v) is 14.0. The number of thiazole rings is 1. The summed E-state index contributed by atoms with van der Waals surface area (Å²) in [5.41, 5.74) is 0. The molecule has 1 aliphatic rings. The topological polar surface area (TPSA) is 36.4 Å². The molecule has 1 amide bonds. The van der Waals surface area contributed by atoms with Crippen molar-refractivity contribution in [3.05, 3.63) is 16.6 Å². The normalized spacial score (nSPS) is 17.4. The van der Waals surface area contributed by atoms with E-state index in [1.165, 1.54) is 11.3 Å². The predicted molar refractivity (Wildman–Crippen MR) is 83.3 cm³/mol. The third-order valence-electron chi connectivity index (χ3n) is 4.25. The zero-order valence-electron chi connectivity index (χ0n) is 13.2. The number of carbonyl (C=O) groups excluding carboxylic acids is 1. The summed E-state index contributed by atoms with van der Waals surface area (Å²) in [6.07, 6.45) is -0.594. The molecule has 0 N–H and O–H groups in total. The maximum absolute atomic E-state index is 12.2. The lowest BCUT2D eigenvalue weighted by molar-refractivity contribution is -0.139. The molecular formula is C15H22F3N3OS. The molecule has 0 bridgehead atoms. The van der Waals surface area contributed by atoms with Crippen molar-refractivity contribution in [2.24, 2.45) is 0 Å². The zero-order chi connectivity index (χ0) is 16.9. The number of alkyl halides is 3. The molecule has 1 aromatic rings. The van der Waals surface area contributed by atoms with Gasteiger partial charge in [-0.2, -0.15) is 13.2 Å². The summed E-state index contributed by atoms with van der Waals surface area (Å²) < 4.78 is 36.7. The second-order valence-corrected chi connectivity index (χ2v) is 6.85. The van der Waals surface area contributed by atoms with Gasteiger partial charge in [0.05, 0.1) is 11.4 Å². The Bertz CT molecular complexity index is 485. The van der Waals surface area contributed by atoms with Crippen LogP contribution in [0.5, 0.6) is 0 Å². The van der Waals surface area contributed by atoms with Crippen molar-refractivity contribution in [3.8, 4) is 0 Å². The fourth-order valence-electron chi connectivity index (χ4n) is 2.79. The number of aryl methyl sites for hydroxylation is 1. The number of rotatable bonds is 6. The number of aromatic nitrogens is 1. The van der Waals surface area contributed by atoms with Crippen LogP contribution in [0.3, 0.4) is 0 Å². The molecule has 0 atom stereocenters. The summed E-state index contributed by atoms with van der Waals surface area (Å²) in [6.45, 7) is 1.29. The van der Waals surface area contributed by atoms with Crippen LogP contribution in [0.2, 0.25) is 0 Å². The number of likely N-dealkylation sites (tertiary alicyclic amines) is 1. The highest BCUT2D eigenvalue weighted by molar-refractivity contribution is 7.09. The lowest BCUT2D eigenvalue weighted by Gasteiger charge is -2.37. The SMILES string of the molecule is CN(C(=O)CCc1nccs1)C1CCN(CCC(F)(F)F)CC1. The quantitative estimate of drug-likeness (QED) is 0.792. The van der Waals surface area contributed by atoms with Gasteiger partial charge in [0.2, 0.25) is 5.91 Å². The number of nitrogens with zero attached hydrogens (tertiary/aromatic N) is 3. The van der Waals surface area contributed by atoms with Crippen LogP contribution >= 0.6 is 11.3 Å². The Kier molecular flexibility index (Phi) is 6.41. The molecule has 0 saturated carbocycles. The van der Waals surface area contributed by atoms with Gasteiger partial charge in [0.15, 0.2) is 0 Å². The van der Waals surface area contributed by atoms with Crippen molar-refractivity contribution >= 4 is 17.2 Å². The minimum absolute atomic E-state index is 0.0535. The monoisotopic (exact) mass is 349 g/mol. The molecule has 4 nitrogen and oxygen atoms in total. The Morgan fingerprint density at radius 2 is 2.13 bits per heavy atom. The van der Waals surface area contributed by atoms with Crippen LogP contribution in [-0.4, -0.2) is 59.6 Å². The van der Waals surface area contributed by atoms with Crippen molar-refractivity contribution in [1.82, 2.24) is 14.8 Å². The van der Waals surface area contributed by atoms with E-state index < -0.39 is 12.6 Å². The number of piperidine rings is 1. The van der Waals surface area contributed by atoms with Gasteiger partial charge in [-0.1, -0.05) is 0 Å². The maximum Gasteiger partial charge on any atom is 0.390 e. The first-order chi connectivity index (χ1) is 10.8. The van der Waals surface area contributed by atoms with Crippen molar-refractivity contribution in [2.45, 2.75) is 44.3 Å². The van der Waals surface area contributed by atoms with E-state index in [-0.39, 0.29) is 18.5 Å². The molecule has 2 heterocycles. The number of carbonyl (C=O) groups is 1. The van der Waals surface area contributed by atoms with E-state index in [0.29, 0.717) is 25.9 Å². The fraction of sp³-hybridized carbons (Fsp3) is 0.733. The van der Waals surface area contributed by atoms with Gasteiger partial charge in [-0.3, -0.25) is 4.79 Å². The highest BCUT2D eigenvalue weighted by atomic mass is 32.1. The molecule has 2 rings (SSSR count). The minimum Gasteiger partial charge on any atom is -0.343 e. The van der Waals surface area contributed by atoms with Crippen molar-refractivity contribution < 1.29 is 18.0 Å². The molecule has 130 valence electrons. The maximum atomic E-state index is 12.2. The van der Waals surface area contributed by atoms with Gasteiger partial charge in [-0.15, -0.1) is 11.3 Å². The Morgan fingerprint density at radius 1 is 1.43 bits per heavy atom. The summed E-state index contributed by atoms with van der Waals surface area (Å²) >= 11 is 1.54. The lowest BCUT2D eigenvalue weighted by Crippen LogP contribution is -2.46. The van der Waals surface area contributed by atoms with E-state index in [4.69, 9.17) is 0 Å². The van der Waals surface area contributed by atoms with Gasteiger partial charge in [-0.25, -0.2) is 4.98 Å². The molecule has 0 aliphatic carbocycles. The molecule has 0 unspecified atom stereocenters. The first-order valence-electron chi connectivity index (χ1n) is 7.78. The smallest absolute Gasteiger partial charge is 0.343 e. The van der Waals surface area contributed by atoms with Gasteiger partial charge in [0, 0.05) is 57.1 Å². The van der Waals surface area contributed by atoms with Crippen molar-refractivity contribution in [3.63, 3.8) is 0 Å². The molecule has 1 aromatic heterocycles. The Hall–Kier alpha value is -1.15. The van der Waals surface area contributed by atoms with Crippen molar-refractivity contribution in [2.75, 3.05) is 26.7 Å². The fourth-order valence-corrected chi connectivity index (χ4v) is 3.41. The van der Waals surface area contributed by atoms with E-state index in [9.17, 15) is 18.0 Å². The van der Waals surface area contributed by atoms with Crippen LogP contribution in [-0.2, 0) is 11.2 Å². The molecule has 23 heavy (non-hydrogen) atoms. The Morgan fingerprint density at radius 3 is 2.70 bits per heavy atom. The summed E-state index contributed by atoms with van der Waals surface area (Å²) in [7, 11) is 1.79. The summed E-state index contributed by atoms with van der Waals surface area (Å²) in [4.78, 5) is 20.0. The van der Waals surface area contributed by atoms with E-state index in [2.05, 4.69) is 4.98 Å². The summed E-state index contributed by atoms with van der Waals surface area (Å²) in [5.74, 6) is 0.0777. The van der Waals surface area contributed by atoms with Crippen molar-refractivity contribution in [1.29, 1.82) is 0 Å². The molecule has 0 radical (unpaired) electrons. The van der Waals surface area contributed by atoms with E-state index in [0.717, 1.165) is 17.8 Å². The molecule has 1 saturated heterocycles. The van der Waals surface area contributed by atoms with Gasteiger partial charge >= 0.3 is 6.18 Å². The first kappa shape index (κ1) is 18.2. The van der Waals surface area contributed by atoms with Crippen LogP contribution in [0.1, 0.15) is 30.7 Å². The van der Waals surface area contributed by atoms with Gasteiger partial charge in [0.25, 0.3) is 0 Å². The molecule has 8 heteroatoms. The van der Waals surface area contributed by atoms with E-state index in [1.54, 1.807) is 18.1 Å². The molecule has 1 fully saturated rings. The second kappa shape index (κ2) is 8.10. The first-order valence-corrected chi connectivity index (χ1v) is 8.66. The van der Waals surface area contributed by atoms with Crippen LogP contribution in [0.15, 0.2) is 11.6 Å². The third kappa shape index (κ3) is 6.10. The highest BCUT2D eigenvalue weighted by Gasteiger charge is 2.30. The molecular weight excluding hydrogens is 327 g/mol. The van der Waals surface area contributed by atoms with E-state index in [1.807, 2.05) is 10.3 Å².